The van der Waals surface area contributed by atoms with Gasteiger partial charge in [0.05, 0.1) is 12.3 Å². The molecule has 1 saturated heterocycles. The first-order valence-corrected chi connectivity index (χ1v) is 9.55. The number of amides is 2. The molecule has 0 bridgehead atoms. The molecule has 1 aromatic carbocycles. The predicted octanol–water partition coefficient (Wildman–Crippen LogP) is 2.23. The average Bonchev–Trinajstić information content (AvgIpc) is 2.61. The van der Waals surface area contributed by atoms with Crippen molar-refractivity contribution in [3.63, 3.8) is 0 Å². The van der Waals surface area contributed by atoms with Gasteiger partial charge in [0.15, 0.2) is 0 Å². The number of carbonyl (C=O) groups excluding carboxylic acids is 2. The monoisotopic (exact) mass is 412 g/mol. The Balaban J connectivity index is 2.21. The van der Waals surface area contributed by atoms with Gasteiger partial charge >= 0.3 is 0 Å². The first kappa shape index (κ1) is 23.2. The van der Waals surface area contributed by atoms with E-state index in [4.69, 9.17) is 10.5 Å². The lowest BCUT2D eigenvalue weighted by Gasteiger charge is -2.32. The van der Waals surface area contributed by atoms with Crippen molar-refractivity contribution in [2.24, 2.45) is 11.1 Å². The molecular weight excluding hydrogens is 382 g/mol. The van der Waals surface area contributed by atoms with Crippen LogP contribution in [0.4, 0.5) is 20.2 Å². The van der Waals surface area contributed by atoms with Crippen LogP contribution >= 0.6 is 0 Å². The molecule has 2 amide bonds. The molecule has 9 heteroatoms. The van der Waals surface area contributed by atoms with E-state index >= 15 is 0 Å². The molecule has 1 aromatic rings. The van der Waals surface area contributed by atoms with Crippen molar-refractivity contribution in [1.82, 2.24) is 4.90 Å². The zero-order valence-corrected chi connectivity index (χ0v) is 17.4. The largest absolute Gasteiger partial charge is 0.370 e. The molecule has 0 unspecified atom stereocenters. The molecule has 0 spiro atoms. The zero-order valence-electron chi connectivity index (χ0n) is 17.4. The van der Waals surface area contributed by atoms with Gasteiger partial charge in [-0.25, -0.2) is 8.78 Å². The SMILES string of the molecule is CN(CC(C)(C)C)[C@H](CN)C(=O)Nc1ccc(N2CCOCC2=O)c(C(F)F)c1. The summed E-state index contributed by atoms with van der Waals surface area (Å²) < 4.78 is 32.4. The number of anilines is 2. The lowest BCUT2D eigenvalue weighted by Crippen LogP contribution is -2.49. The molecule has 1 fully saturated rings. The van der Waals surface area contributed by atoms with Gasteiger partial charge in [-0.3, -0.25) is 14.5 Å². The Bertz CT molecular complexity index is 737. The van der Waals surface area contributed by atoms with E-state index in [1.165, 1.54) is 23.1 Å². The summed E-state index contributed by atoms with van der Waals surface area (Å²) in [5.41, 5.74) is 5.80. The van der Waals surface area contributed by atoms with Crippen LogP contribution in [0.3, 0.4) is 0 Å². The lowest BCUT2D eigenvalue weighted by atomic mass is 9.95. The number of nitrogens with two attached hydrogens (primary N) is 1. The minimum Gasteiger partial charge on any atom is -0.370 e. The number of alkyl halides is 2. The number of rotatable bonds is 7. The van der Waals surface area contributed by atoms with Gasteiger partial charge < -0.3 is 20.7 Å². The van der Waals surface area contributed by atoms with Crippen molar-refractivity contribution in [3.8, 4) is 0 Å². The van der Waals surface area contributed by atoms with E-state index in [-0.39, 0.29) is 60.5 Å². The Morgan fingerprint density at radius 2 is 2.07 bits per heavy atom. The smallest absolute Gasteiger partial charge is 0.265 e. The van der Waals surface area contributed by atoms with Crippen LogP contribution < -0.4 is 16.0 Å². The number of hydrogen-bond donors (Lipinski definition) is 2. The highest BCUT2D eigenvalue weighted by Crippen LogP contribution is 2.33. The molecule has 1 aliphatic rings. The van der Waals surface area contributed by atoms with Crippen molar-refractivity contribution >= 4 is 23.2 Å². The van der Waals surface area contributed by atoms with Crippen molar-refractivity contribution in [1.29, 1.82) is 0 Å². The van der Waals surface area contributed by atoms with Crippen LogP contribution in [-0.2, 0) is 14.3 Å². The molecule has 2 rings (SSSR count). The Kier molecular flexibility index (Phi) is 7.67. The Labute approximate surface area is 170 Å². The standard InChI is InChI=1S/C20H30F2N4O3/c1-20(2,3)12-25(4)16(10-23)19(28)24-13-5-6-15(14(9-13)18(21)22)26-7-8-29-11-17(26)27/h5-6,9,16,18H,7-8,10-12,23H2,1-4H3,(H,24,28)/t16-/m1/s1. The highest BCUT2D eigenvalue weighted by molar-refractivity contribution is 5.97. The van der Waals surface area contributed by atoms with E-state index in [1.54, 1.807) is 7.05 Å². The number of halogens is 2. The second-order valence-electron chi connectivity index (χ2n) is 8.39. The van der Waals surface area contributed by atoms with E-state index in [0.717, 1.165) is 0 Å². The van der Waals surface area contributed by atoms with Gasteiger partial charge in [0.25, 0.3) is 12.3 Å². The summed E-state index contributed by atoms with van der Waals surface area (Å²) in [7, 11) is 1.81. The van der Waals surface area contributed by atoms with Gasteiger partial charge in [-0.2, -0.15) is 0 Å². The molecular formula is C20H30F2N4O3. The normalized spacial score (nSPS) is 16.4. The van der Waals surface area contributed by atoms with Crippen LogP contribution in [0.1, 0.15) is 32.8 Å². The maximum atomic E-state index is 13.7. The summed E-state index contributed by atoms with van der Waals surface area (Å²) in [6.07, 6.45) is -2.80. The summed E-state index contributed by atoms with van der Waals surface area (Å²) in [5.74, 6) is -0.739. The molecule has 0 saturated carbocycles. The average molecular weight is 412 g/mol. The van der Waals surface area contributed by atoms with E-state index in [0.29, 0.717) is 6.54 Å². The molecule has 0 aromatic heterocycles. The molecule has 162 valence electrons. The number of nitrogens with one attached hydrogen (secondary N) is 1. The first-order valence-electron chi connectivity index (χ1n) is 9.55. The molecule has 29 heavy (non-hydrogen) atoms. The molecule has 1 aliphatic heterocycles. The van der Waals surface area contributed by atoms with Crippen molar-refractivity contribution < 1.29 is 23.1 Å². The molecule has 3 N–H and O–H groups in total. The van der Waals surface area contributed by atoms with Crippen LogP contribution in [0.15, 0.2) is 18.2 Å². The molecule has 1 heterocycles. The second kappa shape index (κ2) is 9.60. The van der Waals surface area contributed by atoms with Gasteiger partial charge in [-0.1, -0.05) is 20.8 Å². The third-order valence-corrected chi connectivity index (χ3v) is 4.59. The fourth-order valence-electron chi connectivity index (χ4n) is 3.40. The first-order chi connectivity index (χ1) is 13.5. The number of carbonyl (C=O) groups is 2. The second-order valence-corrected chi connectivity index (χ2v) is 8.39. The number of ether oxygens (including phenoxy) is 1. The van der Waals surface area contributed by atoms with Gasteiger partial charge in [0, 0.05) is 30.9 Å². The summed E-state index contributed by atoms with van der Waals surface area (Å²) in [4.78, 5) is 27.8. The highest BCUT2D eigenvalue weighted by Gasteiger charge is 2.28. The van der Waals surface area contributed by atoms with Crippen LogP contribution in [0.25, 0.3) is 0 Å². The van der Waals surface area contributed by atoms with Crippen LogP contribution in [0.5, 0.6) is 0 Å². The van der Waals surface area contributed by atoms with Crippen LogP contribution in [0.2, 0.25) is 0 Å². The molecule has 7 nitrogen and oxygen atoms in total. The minimum absolute atomic E-state index is 0.0301. The quantitative estimate of drug-likeness (QED) is 0.717. The number of benzene rings is 1. The zero-order chi connectivity index (χ0) is 21.8. The van der Waals surface area contributed by atoms with Gasteiger partial charge in [-0.05, 0) is 30.7 Å². The highest BCUT2D eigenvalue weighted by atomic mass is 19.3. The van der Waals surface area contributed by atoms with Crippen LogP contribution in [0, 0.1) is 5.41 Å². The maximum absolute atomic E-state index is 13.7. The van der Waals surface area contributed by atoms with Gasteiger partial charge in [0.2, 0.25) is 5.91 Å². The third-order valence-electron chi connectivity index (χ3n) is 4.59. The number of nitrogens with zero attached hydrogens (tertiary/aromatic N) is 2. The Hall–Kier alpha value is -2.10. The van der Waals surface area contributed by atoms with Crippen LogP contribution in [-0.4, -0.2) is 62.7 Å². The Morgan fingerprint density at radius 3 is 2.62 bits per heavy atom. The Morgan fingerprint density at radius 1 is 1.38 bits per heavy atom. The van der Waals surface area contributed by atoms with E-state index in [9.17, 15) is 18.4 Å². The molecule has 1 atom stereocenters. The van der Waals surface area contributed by atoms with Crippen molar-refractivity contribution in [2.75, 3.05) is 50.1 Å². The van der Waals surface area contributed by atoms with Gasteiger partial charge in [-0.15, -0.1) is 0 Å². The fourth-order valence-corrected chi connectivity index (χ4v) is 3.40. The summed E-state index contributed by atoms with van der Waals surface area (Å²) >= 11 is 0. The maximum Gasteiger partial charge on any atom is 0.265 e. The summed E-state index contributed by atoms with van der Waals surface area (Å²) in [5, 5.41) is 2.67. The van der Waals surface area contributed by atoms with E-state index in [2.05, 4.69) is 26.1 Å². The lowest BCUT2D eigenvalue weighted by molar-refractivity contribution is -0.125. The number of likely N-dealkylation sites (N-methyl/N-ethyl adjacent to an activating group) is 1. The predicted molar refractivity (Wildman–Crippen MR) is 108 cm³/mol. The van der Waals surface area contributed by atoms with E-state index < -0.39 is 12.5 Å². The molecule has 0 radical (unpaired) electrons. The van der Waals surface area contributed by atoms with E-state index in [1.807, 2.05) is 4.90 Å². The number of hydrogen-bond acceptors (Lipinski definition) is 5. The minimum atomic E-state index is -2.80. The fraction of sp³-hybridized carbons (Fsp3) is 0.600. The van der Waals surface area contributed by atoms with Crippen molar-refractivity contribution in [3.05, 3.63) is 23.8 Å². The topological polar surface area (TPSA) is 87.9 Å². The molecule has 0 aliphatic carbocycles. The third kappa shape index (κ3) is 6.19. The summed E-state index contributed by atoms with van der Waals surface area (Å²) in [6, 6.07) is 3.55. The number of morpholine rings is 1. The summed E-state index contributed by atoms with van der Waals surface area (Å²) in [6.45, 7) is 7.24. The van der Waals surface area contributed by atoms with Gasteiger partial charge in [0.1, 0.15) is 12.6 Å². The van der Waals surface area contributed by atoms with Crippen molar-refractivity contribution in [2.45, 2.75) is 33.2 Å².